The molecule has 0 N–H and O–H groups in total. The lowest BCUT2D eigenvalue weighted by molar-refractivity contribution is 0.659. The summed E-state index contributed by atoms with van der Waals surface area (Å²) >= 11 is 0. The highest BCUT2D eigenvalue weighted by atomic mass is 15.2. The molecule has 0 amide bonds. The Morgan fingerprint density at radius 1 is 0.781 bits per heavy atom. The largest absolute Gasteiger partial charge is 0.313 e. The molecule has 1 nitrogen and oxygen atoms in total. The van der Waals surface area contributed by atoms with Crippen LogP contribution in [0.25, 0.3) is 21.9 Å². The minimum absolute atomic E-state index is 0.0300. The van der Waals surface area contributed by atoms with Crippen molar-refractivity contribution in [3.8, 4) is 11.1 Å². The molecule has 0 bridgehead atoms. The SMILES string of the molecule is CC1(C)c2ccccc2-c2c1ccc1c2C2CC=CC=C2N1c1cccc2ccccc12. The molecule has 1 atom stereocenters. The third-order valence-electron chi connectivity index (χ3n) is 7.75. The van der Waals surface area contributed by atoms with Crippen LogP contribution < -0.4 is 4.90 Å². The number of fused-ring (bicyclic) bond motifs is 8. The minimum atomic E-state index is 0.0300. The number of nitrogens with zero attached hydrogens (tertiary/aromatic N) is 1. The monoisotopic (exact) mass is 411 g/mol. The van der Waals surface area contributed by atoms with Crippen molar-refractivity contribution in [2.75, 3.05) is 4.90 Å². The normalized spacial score (nSPS) is 19.4. The predicted octanol–water partition coefficient (Wildman–Crippen LogP) is 8.23. The summed E-state index contributed by atoms with van der Waals surface area (Å²) in [6.45, 7) is 4.75. The van der Waals surface area contributed by atoms with Crippen molar-refractivity contribution in [3.63, 3.8) is 0 Å². The lowest BCUT2D eigenvalue weighted by Crippen LogP contribution is -2.15. The number of hydrogen-bond donors (Lipinski definition) is 0. The molecule has 1 unspecified atom stereocenters. The summed E-state index contributed by atoms with van der Waals surface area (Å²) in [5.74, 6) is 0.394. The first kappa shape index (κ1) is 18.0. The maximum atomic E-state index is 2.53. The highest BCUT2D eigenvalue weighted by Gasteiger charge is 2.43. The number of benzene rings is 4. The van der Waals surface area contributed by atoms with E-state index in [0.29, 0.717) is 5.92 Å². The molecule has 1 heterocycles. The van der Waals surface area contributed by atoms with Gasteiger partial charge in [0.05, 0.1) is 11.4 Å². The van der Waals surface area contributed by atoms with E-state index < -0.39 is 0 Å². The van der Waals surface area contributed by atoms with Gasteiger partial charge >= 0.3 is 0 Å². The molecule has 2 aliphatic carbocycles. The Kier molecular flexibility index (Phi) is 3.51. The van der Waals surface area contributed by atoms with Crippen LogP contribution in [0.2, 0.25) is 0 Å². The van der Waals surface area contributed by atoms with E-state index in [0.717, 1.165) is 6.42 Å². The van der Waals surface area contributed by atoms with Crippen LogP contribution in [-0.2, 0) is 5.41 Å². The maximum Gasteiger partial charge on any atom is 0.0537 e. The molecule has 154 valence electrons. The first-order valence-corrected chi connectivity index (χ1v) is 11.6. The zero-order chi connectivity index (χ0) is 21.4. The Labute approximate surface area is 189 Å². The molecule has 0 saturated heterocycles. The summed E-state index contributed by atoms with van der Waals surface area (Å²) in [5.41, 5.74) is 11.3. The second-order valence-corrected chi connectivity index (χ2v) is 9.73. The van der Waals surface area contributed by atoms with Gasteiger partial charge in [-0.25, -0.2) is 0 Å². The molecule has 0 spiro atoms. The smallest absolute Gasteiger partial charge is 0.0537 e. The van der Waals surface area contributed by atoms with Crippen LogP contribution >= 0.6 is 0 Å². The van der Waals surface area contributed by atoms with Gasteiger partial charge in [-0.15, -0.1) is 0 Å². The van der Waals surface area contributed by atoms with Crippen molar-refractivity contribution in [1.82, 2.24) is 0 Å². The van der Waals surface area contributed by atoms with Crippen molar-refractivity contribution in [3.05, 3.63) is 119 Å². The van der Waals surface area contributed by atoms with E-state index in [-0.39, 0.29) is 5.41 Å². The first-order chi connectivity index (χ1) is 15.7. The second kappa shape index (κ2) is 6.23. The van der Waals surface area contributed by atoms with Crippen LogP contribution in [0.4, 0.5) is 11.4 Å². The molecule has 1 heteroatoms. The average molecular weight is 412 g/mol. The van der Waals surface area contributed by atoms with E-state index in [4.69, 9.17) is 0 Å². The van der Waals surface area contributed by atoms with Gasteiger partial charge in [-0.05, 0) is 57.8 Å². The van der Waals surface area contributed by atoms with Crippen LogP contribution in [0, 0.1) is 0 Å². The zero-order valence-electron chi connectivity index (χ0n) is 18.5. The van der Waals surface area contributed by atoms with Crippen LogP contribution in [0.1, 0.15) is 42.9 Å². The van der Waals surface area contributed by atoms with Gasteiger partial charge in [-0.1, -0.05) is 92.7 Å². The molecular weight excluding hydrogens is 386 g/mol. The van der Waals surface area contributed by atoms with E-state index in [2.05, 4.69) is 116 Å². The van der Waals surface area contributed by atoms with Crippen molar-refractivity contribution in [2.24, 2.45) is 0 Å². The molecule has 0 radical (unpaired) electrons. The Hall–Kier alpha value is -3.58. The molecule has 32 heavy (non-hydrogen) atoms. The topological polar surface area (TPSA) is 3.24 Å². The van der Waals surface area contributed by atoms with Crippen LogP contribution in [0.15, 0.2) is 103 Å². The summed E-state index contributed by atoms with van der Waals surface area (Å²) in [7, 11) is 0. The van der Waals surface area contributed by atoms with Gasteiger partial charge < -0.3 is 4.90 Å². The quantitative estimate of drug-likeness (QED) is 0.305. The molecule has 0 aromatic heterocycles. The molecule has 0 fully saturated rings. The Morgan fingerprint density at radius 2 is 1.59 bits per heavy atom. The van der Waals surface area contributed by atoms with Crippen molar-refractivity contribution in [2.45, 2.75) is 31.6 Å². The van der Waals surface area contributed by atoms with Crippen LogP contribution in [-0.4, -0.2) is 0 Å². The van der Waals surface area contributed by atoms with Gasteiger partial charge in [0, 0.05) is 22.4 Å². The number of rotatable bonds is 1. The van der Waals surface area contributed by atoms with Crippen LogP contribution in [0.3, 0.4) is 0 Å². The fourth-order valence-corrected chi connectivity index (χ4v) is 6.28. The molecular formula is C31H25N. The van der Waals surface area contributed by atoms with Gasteiger partial charge in [0.2, 0.25) is 0 Å². The average Bonchev–Trinajstić information content (AvgIpc) is 3.28. The van der Waals surface area contributed by atoms with E-state index in [9.17, 15) is 0 Å². The number of anilines is 2. The molecule has 7 rings (SSSR count). The third kappa shape index (κ3) is 2.18. The number of hydrogen-bond acceptors (Lipinski definition) is 1. The fraction of sp³-hybridized carbons (Fsp3) is 0.161. The summed E-state index contributed by atoms with van der Waals surface area (Å²) in [6, 6.07) is 29.2. The summed E-state index contributed by atoms with van der Waals surface area (Å²) < 4.78 is 0. The van der Waals surface area contributed by atoms with Gasteiger partial charge in [-0.3, -0.25) is 0 Å². The highest BCUT2D eigenvalue weighted by Crippen LogP contribution is 2.60. The minimum Gasteiger partial charge on any atom is -0.313 e. The van der Waals surface area contributed by atoms with E-state index in [1.807, 2.05) is 0 Å². The summed E-state index contributed by atoms with van der Waals surface area (Å²) in [4.78, 5) is 2.53. The summed E-state index contributed by atoms with van der Waals surface area (Å²) in [5, 5.41) is 2.59. The van der Waals surface area contributed by atoms with Gasteiger partial charge in [0.25, 0.3) is 0 Å². The molecule has 1 aliphatic heterocycles. The maximum absolute atomic E-state index is 2.53. The van der Waals surface area contributed by atoms with Gasteiger partial charge in [-0.2, -0.15) is 0 Å². The Balaban J connectivity index is 1.56. The number of allylic oxidation sites excluding steroid dienone is 4. The Morgan fingerprint density at radius 3 is 2.53 bits per heavy atom. The molecule has 4 aromatic carbocycles. The predicted molar refractivity (Wildman–Crippen MR) is 135 cm³/mol. The fourth-order valence-electron chi connectivity index (χ4n) is 6.28. The van der Waals surface area contributed by atoms with Crippen LogP contribution in [0.5, 0.6) is 0 Å². The van der Waals surface area contributed by atoms with Gasteiger partial charge in [0.1, 0.15) is 0 Å². The van der Waals surface area contributed by atoms with Crippen molar-refractivity contribution < 1.29 is 0 Å². The van der Waals surface area contributed by atoms with Crippen molar-refractivity contribution in [1.29, 1.82) is 0 Å². The Bertz CT molecular complexity index is 1480. The standard InChI is InChI=1S/C31H25N/c1-31(2)24-15-7-5-13-22(24)29-25(31)18-19-28-30(29)23-14-6-8-16-27(23)32(28)26-17-9-11-20-10-3-4-12-21(20)26/h3-13,15-19,23H,14H2,1-2H3. The first-order valence-electron chi connectivity index (χ1n) is 11.6. The lowest BCUT2D eigenvalue weighted by atomic mass is 9.81. The third-order valence-corrected chi connectivity index (χ3v) is 7.75. The van der Waals surface area contributed by atoms with E-state index >= 15 is 0 Å². The van der Waals surface area contributed by atoms with E-state index in [1.165, 1.54) is 55.7 Å². The zero-order valence-corrected chi connectivity index (χ0v) is 18.5. The second-order valence-electron chi connectivity index (χ2n) is 9.73. The molecule has 4 aromatic rings. The van der Waals surface area contributed by atoms with Gasteiger partial charge in [0.15, 0.2) is 0 Å². The lowest BCUT2D eigenvalue weighted by Gasteiger charge is -2.26. The van der Waals surface area contributed by atoms with Crippen molar-refractivity contribution >= 4 is 22.1 Å². The molecule has 0 saturated carbocycles. The summed E-state index contributed by atoms with van der Waals surface area (Å²) in [6.07, 6.45) is 7.94. The molecule has 3 aliphatic rings. The highest BCUT2D eigenvalue weighted by molar-refractivity contribution is 6.00. The van der Waals surface area contributed by atoms with E-state index in [1.54, 1.807) is 0 Å².